The molecular formula is C11H9BrF2N4O. The van der Waals surface area contributed by atoms with Crippen molar-refractivity contribution in [2.45, 2.75) is 13.5 Å². The number of halogens is 3. The monoisotopic (exact) mass is 330 g/mol. The Morgan fingerprint density at radius 3 is 2.63 bits per heavy atom. The summed E-state index contributed by atoms with van der Waals surface area (Å²) in [4.78, 5) is 11.8. The molecule has 0 bridgehead atoms. The average Bonchev–Trinajstić information content (AvgIpc) is 2.74. The number of rotatable bonds is 3. The molecule has 8 heteroatoms. The zero-order valence-electron chi connectivity index (χ0n) is 9.82. The van der Waals surface area contributed by atoms with E-state index in [9.17, 15) is 13.6 Å². The first-order valence-corrected chi connectivity index (χ1v) is 6.16. The fourth-order valence-electron chi connectivity index (χ4n) is 1.51. The number of benzene rings is 1. The highest BCUT2D eigenvalue weighted by Gasteiger charge is 2.20. The minimum Gasteiger partial charge on any atom is -0.300 e. The molecule has 1 heterocycles. The number of aromatic nitrogens is 3. The number of carbonyl (C=O) groups excluding carboxylic acids is 1. The minimum absolute atomic E-state index is 0.134. The number of hydrogen-bond donors (Lipinski definition) is 1. The Morgan fingerprint density at radius 1 is 1.42 bits per heavy atom. The fraction of sp³-hybridized carbons (Fsp3) is 0.182. The summed E-state index contributed by atoms with van der Waals surface area (Å²) in [6, 6.07) is 2.03. The number of anilines is 1. The third-order valence-electron chi connectivity index (χ3n) is 2.42. The van der Waals surface area contributed by atoms with Crippen LogP contribution in [0.15, 0.2) is 22.9 Å². The van der Waals surface area contributed by atoms with Crippen LogP contribution in [0.25, 0.3) is 0 Å². The summed E-state index contributed by atoms with van der Waals surface area (Å²) in [5, 5.41) is 9.57. The van der Waals surface area contributed by atoms with Crippen molar-refractivity contribution in [1.29, 1.82) is 0 Å². The van der Waals surface area contributed by atoms with Crippen molar-refractivity contribution < 1.29 is 13.6 Å². The molecule has 0 atom stereocenters. The van der Waals surface area contributed by atoms with Crippen molar-refractivity contribution in [2.24, 2.45) is 0 Å². The van der Waals surface area contributed by atoms with Crippen LogP contribution in [-0.4, -0.2) is 20.7 Å². The Balaban J connectivity index is 2.31. The van der Waals surface area contributed by atoms with Gasteiger partial charge in [-0.05, 0) is 19.1 Å². The van der Waals surface area contributed by atoms with Gasteiger partial charge in [-0.2, -0.15) is 0 Å². The zero-order chi connectivity index (χ0) is 14.0. The first kappa shape index (κ1) is 13.6. The Kier molecular flexibility index (Phi) is 3.89. The highest BCUT2D eigenvalue weighted by atomic mass is 79.9. The van der Waals surface area contributed by atoms with E-state index < -0.39 is 23.1 Å². The van der Waals surface area contributed by atoms with E-state index in [1.807, 2.05) is 6.92 Å². The summed E-state index contributed by atoms with van der Waals surface area (Å²) in [5.41, 5.74) is -0.658. The van der Waals surface area contributed by atoms with E-state index in [4.69, 9.17) is 0 Å². The predicted molar refractivity (Wildman–Crippen MR) is 67.7 cm³/mol. The van der Waals surface area contributed by atoms with Crippen LogP contribution in [0, 0.1) is 11.6 Å². The van der Waals surface area contributed by atoms with Crippen LogP contribution in [0.1, 0.15) is 17.3 Å². The fourth-order valence-corrected chi connectivity index (χ4v) is 1.91. The van der Waals surface area contributed by atoms with Gasteiger partial charge in [0.2, 0.25) is 5.95 Å². The topological polar surface area (TPSA) is 59.8 Å². The van der Waals surface area contributed by atoms with Crippen molar-refractivity contribution in [1.82, 2.24) is 14.8 Å². The molecule has 0 fully saturated rings. The molecule has 0 spiro atoms. The standard InChI is InChI=1S/C11H9BrF2N4O/c1-2-18-5-15-17-11(18)16-10(19)9-7(13)3-6(12)4-8(9)14/h3-5H,2H2,1H3,(H,16,17,19). The number of amides is 1. The van der Waals surface area contributed by atoms with Crippen LogP contribution >= 0.6 is 15.9 Å². The van der Waals surface area contributed by atoms with Gasteiger partial charge >= 0.3 is 0 Å². The van der Waals surface area contributed by atoms with Crippen molar-refractivity contribution in [2.75, 3.05) is 5.32 Å². The normalized spacial score (nSPS) is 10.5. The maximum atomic E-state index is 13.6. The van der Waals surface area contributed by atoms with Gasteiger partial charge in [-0.15, -0.1) is 10.2 Å². The Hall–Kier alpha value is -1.83. The minimum atomic E-state index is -0.952. The number of nitrogens with one attached hydrogen (secondary N) is 1. The van der Waals surface area contributed by atoms with Crippen LogP contribution in [0.5, 0.6) is 0 Å². The van der Waals surface area contributed by atoms with E-state index in [0.717, 1.165) is 12.1 Å². The van der Waals surface area contributed by atoms with Crippen LogP contribution in [0.4, 0.5) is 14.7 Å². The van der Waals surface area contributed by atoms with Crippen LogP contribution in [-0.2, 0) is 6.54 Å². The molecule has 0 aliphatic rings. The number of carbonyl (C=O) groups is 1. The first-order chi connectivity index (χ1) is 9.02. The van der Waals surface area contributed by atoms with E-state index in [0.29, 0.717) is 6.54 Å². The molecule has 0 radical (unpaired) electrons. The second-order valence-electron chi connectivity index (χ2n) is 3.64. The molecular weight excluding hydrogens is 322 g/mol. The average molecular weight is 331 g/mol. The summed E-state index contributed by atoms with van der Waals surface area (Å²) in [5.74, 6) is -2.68. The van der Waals surface area contributed by atoms with Gasteiger partial charge in [0.15, 0.2) is 0 Å². The molecule has 2 rings (SSSR count). The third kappa shape index (κ3) is 2.78. The molecule has 1 amide bonds. The van der Waals surface area contributed by atoms with E-state index in [-0.39, 0.29) is 10.4 Å². The van der Waals surface area contributed by atoms with Gasteiger partial charge in [-0.3, -0.25) is 14.7 Å². The summed E-state index contributed by atoms with van der Waals surface area (Å²) in [6.45, 7) is 2.34. The van der Waals surface area contributed by atoms with E-state index in [1.54, 1.807) is 0 Å². The molecule has 1 aromatic carbocycles. The molecule has 5 nitrogen and oxygen atoms in total. The molecule has 0 aliphatic heterocycles. The summed E-state index contributed by atoms with van der Waals surface area (Å²) < 4.78 is 29.0. The highest BCUT2D eigenvalue weighted by molar-refractivity contribution is 9.10. The Morgan fingerprint density at radius 2 is 2.05 bits per heavy atom. The first-order valence-electron chi connectivity index (χ1n) is 5.36. The molecule has 0 aliphatic carbocycles. The zero-order valence-corrected chi connectivity index (χ0v) is 11.4. The number of nitrogens with zero attached hydrogens (tertiary/aromatic N) is 3. The molecule has 1 aromatic heterocycles. The quantitative estimate of drug-likeness (QED) is 0.940. The van der Waals surface area contributed by atoms with E-state index >= 15 is 0 Å². The largest absolute Gasteiger partial charge is 0.300 e. The molecule has 100 valence electrons. The maximum Gasteiger partial charge on any atom is 0.263 e. The van der Waals surface area contributed by atoms with E-state index in [2.05, 4.69) is 31.4 Å². The summed E-state index contributed by atoms with van der Waals surface area (Å²) in [6.07, 6.45) is 1.41. The lowest BCUT2D eigenvalue weighted by molar-refractivity contribution is 0.101. The smallest absolute Gasteiger partial charge is 0.263 e. The molecule has 0 saturated heterocycles. The molecule has 0 unspecified atom stereocenters. The van der Waals surface area contributed by atoms with Gasteiger partial charge in [-0.25, -0.2) is 8.78 Å². The van der Waals surface area contributed by atoms with Crippen molar-refractivity contribution in [3.05, 3.63) is 40.1 Å². The second-order valence-corrected chi connectivity index (χ2v) is 4.55. The summed E-state index contributed by atoms with van der Waals surface area (Å²) >= 11 is 2.94. The van der Waals surface area contributed by atoms with Crippen molar-refractivity contribution >= 4 is 27.8 Å². The highest BCUT2D eigenvalue weighted by Crippen LogP contribution is 2.20. The van der Waals surface area contributed by atoms with Crippen LogP contribution in [0.2, 0.25) is 0 Å². The van der Waals surface area contributed by atoms with Crippen LogP contribution in [0.3, 0.4) is 0 Å². The van der Waals surface area contributed by atoms with Crippen molar-refractivity contribution in [3.63, 3.8) is 0 Å². The predicted octanol–water partition coefficient (Wildman–Crippen LogP) is 2.59. The van der Waals surface area contributed by atoms with Gasteiger partial charge in [-0.1, -0.05) is 15.9 Å². The number of aryl methyl sites for hydroxylation is 1. The lowest BCUT2D eigenvalue weighted by Crippen LogP contribution is -2.18. The SMILES string of the molecule is CCn1cnnc1NC(=O)c1c(F)cc(Br)cc1F. The van der Waals surface area contributed by atoms with Gasteiger partial charge in [0.25, 0.3) is 5.91 Å². The third-order valence-corrected chi connectivity index (χ3v) is 2.87. The molecule has 0 saturated carbocycles. The Labute approximate surface area is 115 Å². The van der Waals surface area contributed by atoms with E-state index in [1.165, 1.54) is 10.9 Å². The number of hydrogen-bond acceptors (Lipinski definition) is 3. The van der Waals surface area contributed by atoms with Crippen molar-refractivity contribution in [3.8, 4) is 0 Å². The van der Waals surface area contributed by atoms with Gasteiger partial charge in [0, 0.05) is 11.0 Å². The molecule has 2 aromatic rings. The molecule has 19 heavy (non-hydrogen) atoms. The van der Waals surface area contributed by atoms with Gasteiger partial charge in [0.1, 0.15) is 23.5 Å². The lowest BCUT2D eigenvalue weighted by atomic mass is 10.2. The second kappa shape index (κ2) is 5.43. The summed E-state index contributed by atoms with van der Waals surface area (Å²) in [7, 11) is 0. The van der Waals surface area contributed by atoms with Crippen LogP contribution < -0.4 is 5.32 Å². The lowest BCUT2D eigenvalue weighted by Gasteiger charge is -2.07. The molecule has 1 N–H and O–H groups in total. The Bertz CT molecular complexity index is 606. The maximum absolute atomic E-state index is 13.6. The van der Waals surface area contributed by atoms with Gasteiger partial charge < -0.3 is 0 Å². The van der Waals surface area contributed by atoms with Gasteiger partial charge in [0.05, 0.1) is 0 Å².